The van der Waals surface area contributed by atoms with Gasteiger partial charge >= 0.3 is 0 Å². The zero-order valence-corrected chi connectivity index (χ0v) is 16.7. The van der Waals surface area contributed by atoms with Gasteiger partial charge in [-0.25, -0.2) is 9.50 Å². The van der Waals surface area contributed by atoms with E-state index in [1.54, 1.807) is 6.20 Å². The lowest BCUT2D eigenvalue weighted by Gasteiger charge is -2.15. The molecule has 4 heterocycles. The van der Waals surface area contributed by atoms with Crippen molar-refractivity contribution in [2.75, 3.05) is 31.6 Å². The van der Waals surface area contributed by atoms with Gasteiger partial charge in [0, 0.05) is 30.2 Å². The highest BCUT2D eigenvalue weighted by molar-refractivity contribution is 5.66. The lowest BCUT2D eigenvalue weighted by Crippen LogP contribution is -2.25. The predicted octanol–water partition coefficient (Wildman–Crippen LogP) is 4.01. The van der Waals surface area contributed by atoms with Crippen LogP contribution in [0.25, 0.3) is 16.8 Å². The molecule has 30 heavy (non-hydrogen) atoms. The van der Waals surface area contributed by atoms with Gasteiger partial charge in [-0.05, 0) is 74.5 Å². The maximum absolute atomic E-state index is 5.87. The highest BCUT2D eigenvalue weighted by Gasteiger charge is 2.11. The number of likely N-dealkylation sites (tertiary alicyclic amines) is 1. The monoisotopic (exact) mass is 400 g/mol. The molecule has 3 aromatic heterocycles. The molecule has 0 atom stereocenters. The molecule has 0 radical (unpaired) electrons. The number of nitrogens with zero attached hydrogens (tertiary/aromatic N) is 5. The van der Waals surface area contributed by atoms with Crippen LogP contribution in [0.4, 0.5) is 11.6 Å². The van der Waals surface area contributed by atoms with Crippen molar-refractivity contribution >= 4 is 17.2 Å². The number of aromatic nitrogens is 4. The summed E-state index contributed by atoms with van der Waals surface area (Å²) >= 11 is 0. The topological polar surface area (TPSA) is 67.6 Å². The fourth-order valence-electron chi connectivity index (χ4n) is 3.75. The normalized spacial score (nSPS) is 14.3. The molecule has 0 amide bonds. The molecule has 0 bridgehead atoms. The molecule has 5 rings (SSSR count). The average molecular weight is 400 g/mol. The molecule has 0 unspecified atom stereocenters. The molecule has 4 aromatic rings. The van der Waals surface area contributed by atoms with Crippen molar-refractivity contribution < 1.29 is 4.74 Å². The fraction of sp³-hybridized carbons (Fsp3) is 0.261. The predicted molar refractivity (Wildman–Crippen MR) is 117 cm³/mol. The lowest BCUT2D eigenvalue weighted by molar-refractivity contribution is 0.238. The Bertz CT molecular complexity index is 1100. The van der Waals surface area contributed by atoms with Crippen molar-refractivity contribution in [2.45, 2.75) is 12.8 Å². The van der Waals surface area contributed by atoms with Crippen molar-refractivity contribution in [2.24, 2.45) is 0 Å². The number of pyridine rings is 1. The summed E-state index contributed by atoms with van der Waals surface area (Å²) in [6.07, 6.45) is 8.02. The van der Waals surface area contributed by atoms with Gasteiger partial charge in [0.2, 0.25) is 5.95 Å². The van der Waals surface area contributed by atoms with Crippen molar-refractivity contribution in [3.8, 4) is 17.0 Å². The van der Waals surface area contributed by atoms with E-state index < -0.39 is 0 Å². The highest BCUT2D eigenvalue weighted by Crippen LogP contribution is 2.22. The zero-order valence-electron chi connectivity index (χ0n) is 16.7. The molecule has 1 aliphatic heterocycles. The van der Waals surface area contributed by atoms with Gasteiger partial charge in [-0.3, -0.25) is 9.88 Å². The fourth-order valence-corrected chi connectivity index (χ4v) is 3.75. The molecule has 152 valence electrons. The Morgan fingerprint density at radius 2 is 1.83 bits per heavy atom. The molecule has 0 spiro atoms. The Morgan fingerprint density at radius 1 is 0.967 bits per heavy atom. The Hall–Kier alpha value is -3.45. The molecule has 1 saturated heterocycles. The molecule has 1 aliphatic rings. The highest BCUT2D eigenvalue weighted by atomic mass is 16.5. The minimum atomic E-state index is 0.534. The number of hydrogen-bond acceptors (Lipinski definition) is 6. The van der Waals surface area contributed by atoms with Crippen molar-refractivity contribution in [1.29, 1.82) is 0 Å². The van der Waals surface area contributed by atoms with Gasteiger partial charge in [0.15, 0.2) is 0 Å². The first-order valence-corrected chi connectivity index (χ1v) is 10.3. The largest absolute Gasteiger partial charge is 0.492 e. The maximum Gasteiger partial charge on any atom is 0.245 e. The first-order valence-electron chi connectivity index (χ1n) is 10.3. The van der Waals surface area contributed by atoms with Crippen LogP contribution in [0.15, 0.2) is 67.1 Å². The van der Waals surface area contributed by atoms with E-state index in [0.717, 1.165) is 41.4 Å². The number of rotatable bonds is 7. The van der Waals surface area contributed by atoms with Crippen LogP contribution in [0.1, 0.15) is 12.8 Å². The summed E-state index contributed by atoms with van der Waals surface area (Å²) in [5, 5.41) is 7.92. The Kier molecular flexibility index (Phi) is 5.26. The van der Waals surface area contributed by atoms with E-state index in [4.69, 9.17) is 4.74 Å². The number of ether oxygens (including phenoxy) is 1. The van der Waals surface area contributed by atoms with Gasteiger partial charge in [-0.15, -0.1) is 5.10 Å². The Morgan fingerprint density at radius 3 is 2.63 bits per heavy atom. The second-order valence-electron chi connectivity index (χ2n) is 7.43. The molecule has 0 saturated carbocycles. The lowest BCUT2D eigenvalue weighted by atomic mass is 10.2. The van der Waals surface area contributed by atoms with E-state index >= 15 is 0 Å². The Labute approximate surface area is 175 Å². The van der Waals surface area contributed by atoms with Crippen LogP contribution in [-0.4, -0.2) is 50.7 Å². The summed E-state index contributed by atoms with van der Waals surface area (Å²) in [5.74, 6) is 1.41. The minimum Gasteiger partial charge on any atom is -0.492 e. The first kappa shape index (κ1) is 18.6. The van der Waals surface area contributed by atoms with Crippen LogP contribution in [0, 0.1) is 0 Å². The standard InChI is InChI=1S/C23H24N6O/c1-2-13-28(12-1)14-15-30-21-8-5-19(6-9-21)26-23-25-17-20-7-10-22(29(20)27-23)18-4-3-11-24-16-18/h3-11,16-17H,1-2,12-15H2,(H,26,27). The second-order valence-corrected chi connectivity index (χ2v) is 7.43. The zero-order chi connectivity index (χ0) is 20.2. The molecule has 0 aliphatic carbocycles. The summed E-state index contributed by atoms with van der Waals surface area (Å²) in [4.78, 5) is 11.1. The Balaban J connectivity index is 1.26. The summed E-state index contributed by atoms with van der Waals surface area (Å²) in [6, 6.07) is 15.9. The van der Waals surface area contributed by atoms with Gasteiger partial charge in [-0.2, -0.15) is 0 Å². The smallest absolute Gasteiger partial charge is 0.245 e. The number of hydrogen-bond donors (Lipinski definition) is 1. The molecular weight excluding hydrogens is 376 g/mol. The van der Waals surface area contributed by atoms with E-state index in [1.165, 1.54) is 25.9 Å². The second kappa shape index (κ2) is 8.51. The van der Waals surface area contributed by atoms with Crippen LogP contribution in [0.3, 0.4) is 0 Å². The van der Waals surface area contributed by atoms with Gasteiger partial charge in [0.1, 0.15) is 12.4 Å². The quantitative estimate of drug-likeness (QED) is 0.506. The van der Waals surface area contributed by atoms with Crippen molar-refractivity contribution in [1.82, 2.24) is 24.5 Å². The number of benzene rings is 1. The summed E-state index contributed by atoms with van der Waals surface area (Å²) in [5.41, 5.74) is 3.83. The van der Waals surface area contributed by atoms with Gasteiger partial charge in [0.25, 0.3) is 0 Å². The van der Waals surface area contributed by atoms with Crippen LogP contribution >= 0.6 is 0 Å². The molecule has 1 N–H and O–H groups in total. The van der Waals surface area contributed by atoms with Crippen LogP contribution in [0.5, 0.6) is 5.75 Å². The van der Waals surface area contributed by atoms with E-state index in [0.29, 0.717) is 5.95 Å². The van der Waals surface area contributed by atoms with Crippen molar-refractivity contribution in [3.63, 3.8) is 0 Å². The summed E-state index contributed by atoms with van der Waals surface area (Å²) in [7, 11) is 0. The van der Waals surface area contributed by atoms with Crippen LogP contribution < -0.4 is 10.1 Å². The van der Waals surface area contributed by atoms with Gasteiger partial charge < -0.3 is 10.1 Å². The first-order chi connectivity index (χ1) is 14.8. The van der Waals surface area contributed by atoms with Crippen molar-refractivity contribution in [3.05, 3.63) is 67.1 Å². The maximum atomic E-state index is 5.87. The van der Waals surface area contributed by atoms with Gasteiger partial charge in [-0.1, -0.05) is 0 Å². The van der Waals surface area contributed by atoms with E-state index in [1.807, 2.05) is 65.4 Å². The van der Waals surface area contributed by atoms with Crippen LogP contribution in [-0.2, 0) is 0 Å². The molecule has 7 nitrogen and oxygen atoms in total. The van der Waals surface area contributed by atoms with E-state index in [9.17, 15) is 0 Å². The molecule has 7 heteroatoms. The number of nitrogens with one attached hydrogen (secondary N) is 1. The molecule has 1 fully saturated rings. The minimum absolute atomic E-state index is 0.534. The van der Waals surface area contributed by atoms with Crippen LogP contribution in [0.2, 0.25) is 0 Å². The third-order valence-corrected chi connectivity index (χ3v) is 5.34. The van der Waals surface area contributed by atoms with E-state index in [-0.39, 0.29) is 0 Å². The van der Waals surface area contributed by atoms with E-state index in [2.05, 4.69) is 25.3 Å². The number of anilines is 2. The third-order valence-electron chi connectivity index (χ3n) is 5.34. The summed E-state index contributed by atoms with van der Waals surface area (Å²) in [6.45, 7) is 4.10. The third kappa shape index (κ3) is 4.11. The SMILES string of the molecule is c1cncc(-c2ccc3cnc(Nc4ccc(OCCN5CCCC5)cc4)nn23)c1. The molecular formula is C23H24N6O. The summed E-state index contributed by atoms with van der Waals surface area (Å²) < 4.78 is 7.75. The average Bonchev–Trinajstić information content (AvgIpc) is 3.45. The number of fused-ring (bicyclic) bond motifs is 1. The van der Waals surface area contributed by atoms with Gasteiger partial charge in [0.05, 0.1) is 17.4 Å². The molecule has 1 aromatic carbocycles.